The second-order valence-corrected chi connectivity index (χ2v) is 9.79. The predicted molar refractivity (Wildman–Crippen MR) is 140 cm³/mol. The largest absolute Gasteiger partial charge is 0.464 e. The summed E-state index contributed by atoms with van der Waals surface area (Å²) < 4.78 is 25.7. The molecule has 4 heterocycles. The number of nitrogens with two attached hydrogens (primary N) is 1. The van der Waals surface area contributed by atoms with E-state index in [-0.39, 0.29) is 24.4 Å². The monoisotopic (exact) mass is 536 g/mol. The Morgan fingerprint density at radius 2 is 1.95 bits per heavy atom. The van der Waals surface area contributed by atoms with Gasteiger partial charge in [0.1, 0.15) is 36.2 Å². The highest BCUT2D eigenvalue weighted by Gasteiger charge is 2.55. The van der Waals surface area contributed by atoms with Gasteiger partial charge in [0.25, 0.3) is 5.91 Å². The molecule has 0 spiro atoms. The second-order valence-electron chi connectivity index (χ2n) is 9.79. The molecule has 1 aromatic carbocycles. The average Bonchev–Trinajstić information content (AvgIpc) is 3.58. The molecule has 0 bridgehead atoms. The molecule has 12 nitrogen and oxygen atoms in total. The number of benzene rings is 1. The van der Waals surface area contributed by atoms with E-state index >= 15 is 0 Å². The number of rotatable bonds is 9. The van der Waals surface area contributed by atoms with Gasteiger partial charge >= 0.3 is 5.97 Å². The van der Waals surface area contributed by atoms with Crippen molar-refractivity contribution in [3.63, 3.8) is 0 Å². The summed E-state index contributed by atoms with van der Waals surface area (Å²) in [6.07, 6.45) is 5.85. The van der Waals surface area contributed by atoms with Crippen LogP contribution in [0.4, 0.5) is 5.82 Å². The molecule has 206 valence electrons. The number of esters is 1. The zero-order valence-electron chi connectivity index (χ0n) is 22.0. The van der Waals surface area contributed by atoms with E-state index in [4.69, 9.17) is 24.7 Å². The first-order chi connectivity index (χ1) is 18.8. The molecule has 2 aromatic heterocycles. The van der Waals surface area contributed by atoms with Crippen LogP contribution in [0.15, 0.2) is 55.1 Å². The van der Waals surface area contributed by atoms with E-state index in [1.54, 1.807) is 42.1 Å². The van der Waals surface area contributed by atoms with Gasteiger partial charge in [0.05, 0.1) is 12.9 Å². The van der Waals surface area contributed by atoms with Crippen LogP contribution in [0.3, 0.4) is 0 Å². The van der Waals surface area contributed by atoms with E-state index in [0.29, 0.717) is 29.6 Å². The normalized spacial score (nSPS) is 24.6. The summed E-state index contributed by atoms with van der Waals surface area (Å²) in [6, 6.07) is 7.95. The third kappa shape index (κ3) is 5.63. The van der Waals surface area contributed by atoms with Crippen LogP contribution in [-0.2, 0) is 23.7 Å². The lowest BCUT2D eigenvalue weighted by Crippen LogP contribution is -2.41. The number of carbonyl (C=O) groups is 2. The van der Waals surface area contributed by atoms with E-state index in [2.05, 4.69) is 20.3 Å². The Morgan fingerprint density at radius 3 is 2.72 bits per heavy atom. The molecule has 2 saturated heterocycles. The van der Waals surface area contributed by atoms with Gasteiger partial charge in [-0.15, -0.1) is 0 Å². The number of imidazole rings is 1. The van der Waals surface area contributed by atoms with Gasteiger partial charge < -0.3 is 30.0 Å². The number of nitrogen functional groups attached to an aromatic ring is 1. The Hall–Kier alpha value is -3.87. The molecule has 1 unspecified atom stereocenters. The van der Waals surface area contributed by atoms with Crippen LogP contribution in [0.25, 0.3) is 11.2 Å². The first kappa shape index (κ1) is 26.7. The van der Waals surface area contributed by atoms with Gasteiger partial charge in [0, 0.05) is 5.56 Å². The lowest BCUT2D eigenvalue weighted by Gasteiger charge is -2.24. The van der Waals surface area contributed by atoms with Crippen LogP contribution in [0, 0.1) is 0 Å². The maximum Gasteiger partial charge on any atom is 0.328 e. The van der Waals surface area contributed by atoms with Gasteiger partial charge in [-0.05, 0) is 45.7 Å². The van der Waals surface area contributed by atoms with E-state index in [1.165, 1.54) is 6.33 Å². The number of fused-ring (bicyclic) bond motifs is 2. The SMILES string of the molecule is CCOC(=O)C(CC/C=C/[C@H]1O[C@@H](n2cnc3c(N)ncnc32)[C@@H]2OC(C)(C)O[C@@H]21)NC(=O)c1ccccc1. The molecule has 2 aliphatic heterocycles. The van der Waals surface area contributed by atoms with Gasteiger partial charge in [-0.1, -0.05) is 30.4 Å². The Balaban J connectivity index is 1.28. The fourth-order valence-electron chi connectivity index (χ4n) is 4.86. The van der Waals surface area contributed by atoms with Crippen LogP contribution in [0.2, 0.25) is 0 Å². The van der Waals surface area contributed by atoms with Crippen molar-refractivity contribution in [1.29, 1.82) is 0 Å². The smallest absolute Gasteiger partial charge is 0.328 e. The lowest BCUT2D eigenvalue weighted by molar-refractivity contribution is -0.191. The number of hydrogen-bond donors (Lipinski definition) is 2. The van der Waals surface area contributed by atoms with E-state index in [1.807, 2.05) is 32.1 Å². The van der Waals surface area contributed by atoms with Crippen molar-refractivity contribution in [1.82, 2.24) is 24.8 Å². The van der Waals surface area contributed by atoms with Crippen molar-refractivity contribution in [2.24, 2.45) is 0 Å². The number of aromatic nitrogens is 4. The Kier molecular flexibility index (Phi) is 7.60. The summed E-state index contributed by atoms with van der Waals surface area (Å²) in [5, 5.41) is 2.79. The molecule has 12 heteroatoms. The standard InChI is InChI=1S/C27H32N6O6/c1-4-36-26(35)17(32-24(34)16-10-6-5-7-11-16)12-8-9-13-18-20-21(39-27(2,3)38-20)25(37-18)33-15-31-19-22(28)29-14-30-23(19)33/h5-7,9-11,13-15,17-18,20-21,25H,4,8,12H2,1-3H3,(H,32,34)(H2,28,29,30)/b13-9+/t17?,18-,20-,21-,25-/m1/s1. The van der Waals surface area contributed by atoms with Crippen molar-refractivity contribution in [2.75, 3.05) is 12.3 Å². The number of ether oxygens (including phenoxy) is 4. The molecule has 5 rings (SSSR count). The van der Waals surface area contributed by atoms with Crippen molar-refractivity contribution in [3.05, 3.63) is 60.7 Å². The highest BCUT2D eigenvalue weighted by Crippen LogP contribution is 2.44. The summed E-state index contributed by atoms with van der Waals surface area (Å²) in [5.74, 6) is -1.33. The molecule has 2 fully saturated rings. The number of carbonyl (C=O) groups excluding carboxylic acids is 2. The molecular formula is C27H32N6O6. The zero-order chi connectivity index (χ0) is 27.6. The lowest BCUT2D eigenvalue weighted by atomic mass is 10.1. The molecule has 2 aliphatic rings. The number of hydrogen-bond acceptors (Lipinski definition) is 10. The number of anilines is 1. The minimum atomic E-state index is -0.801. The summed E-state index contributed by atoms with van der Waals surface area (Å²) in [5.41, 5.74) is 7.45. The average molecular weight is 537 g/mol. The zero-order valence-corrected chi connectivity index (χ0v) is 22.0. The highest BCUT2D eigenvalue weighted by molar-refractivity contribution is 5.96. The molecule has 0 aliphatic carbocycles. The maximum atomic E-state index is 12.6. The fraction of sp³-hybridized carbons (Fsp3) is 0.444. The van der Waals surface area contributed by atoms with E-state index in [9.17, 15) is 9.59 Å². The molecule has 39 heavy (non-hydrogen) atoms. The maximum absolute atomic E-state index is 12.6. The van der Waals surface area contributed by atoms with Gasteiger partial charge in [-0.25, -0.2) is 19.7 Å². The highest BCUT2D eigenvalue weighted by atomic mass is 16.8. The van der Waals surface area contributed by atoms with Gasteiger partial charge in [-0.3, -0.25) is 9.36 Å². The molecule has 5 atom stereocenters. The summed E-state index contributed by atoms with van der Waals surface area (Å²) in [6.45, 7) is 5.66. The third-order valence-electron chi connectivity index (χ3n) is 6.59. The third-order valence-corrected chi connectivity index (χ3v) is 6.59. The van der Waals surface area contributed by atoms with Crippen molar-refractivity contribution >= 4 is 28.9 Å². The Morgan fingerprint density at radius 1 is 1.18 bits per heavy atom. The molecule has 3 N–H and O–H groups in total. The minimum Gasteiger partial charge on any atom is -0.464 e. The number of nitrogens with one attached hydrogen (secondary N) is 1. The number of allylic oxidation sites excluding steroid dienone is 1. The van der Waals surface area contributed by atoms with Crippen LogP contribution in [-0.4, -0.2) is 68.1 Å². The molecule has 3 aromatic rings. The van der Waals surface area contributed by atoms with E-state index in [0.717, 1.165) is 0 Å². The van der Waals surface area contributed by atoms with Crippen molar-refractivity contribution < 1.29 is 28.5 Å². The first-order valence-electron chi connectivity index (χ1n) is 12.9. The first-order valence-corrected chi connectivity index (χ1v) is 12.9. The van der Waals surface area contributed by atoms with E-state index < -0.39 is 36.2 Å². The van der Waals surface area contributed by atoms with Gasteiger partial charge in [0.2, 0.25) is 0 Å². The summed E-state index contributed by atoms with van der Waals surface area (Å²) in [4.78, 5) is 37.9. The Bertz CT molecular complexity index is 1360. The van der Waals surface area contributed by atoms with Crippen molar-refractivity contribution in [3.8, 4) is 0 Å². The topological polar surface area (TPSA) is 153 Å². The molecule has 0 saturated carbocycles. The quantitative estimate of drug-likeness (QED) is 0.308. The Labute approximate surface area is 225 Å². The van der Waals surface area contributed by atoms with Gasteiger partial charge in [-0.2, -0.15) is 0 Å². The summed E-state index contributed by atoms with van der Waals surface area (Å²) in [7, 11) is 0. The minimum absolute atomic E-state index is 0.222. The molecule has 0 radical (unpaired) electrons. The number of nitrogens with zero attached hydrogens (tertiary/aromatic N) is 4. The number of amides is 1. The predicted octanol–water partition coefficient (Wildman–Crippen LogP) is 2.52. The van der Waals surface area contributed by atoms with Crippen LogP contribution < -0.4 is 11.1 Å². The molecule has 1 amide bonds. The second kappa shape index (κ2) is 11.1. The fourth-order valence-corrected chi connectivity index (χ4v) is 4.86. The van der Waals surface area contributed by atoms with Crippen LogP contribution >= 0.6 is 0 Å². The van der Waals surface area contributed by atoms with Crippen molar-refractivity contribution in [2.45, 2.75) is 70.0 Å². The van der Waals surface area contributed by atoms with Gasteiger partial charge in [0.15, 0.2) is 23.5 Å². The van der Waals surface area contributed by atoms with Crippen LogP contribution in [0.5, 0.6) is 0 Å². The summed E-state index contributed by atoms with van der Waals surface area (Å²) >= 11 is 0. The molecular weight excluding hydrogens is 504 g/mol. The van der Waals surface area contributed by atoms with Crippen LogP contribution in [0.1, 0.15) is 50.2 Å².